The third-order valence-electron chi connectivity index (χ3n) is 4.92. The summed E-state index contributed by atoms with van der Waals surface area (Å²) in [5, 5.41) is 12.7. The molecule has 3 amide bonds. The Labute approximate surface area is 196 Å². The second-order valence-electron chi connectivity index (χ2n) is 7.25. The molecule has 3 aromatic rings. The van der Waals surface area contributed by atoms with Crippen molar-refractivity contribution < 1.29 is 28.1 Å². The number of hydrogen-bond acceptors (Lipinski definition) is 7. The topological polar surface area (TPSA) is 123 Å². The second kappa shape index (κ2) is 9.32. The highest BCUT2D eigenvalue weighted by atomic mass is 32.2. The molecule has 0 radical (unpaired) electrons. The summed E-state index contributed by atoms with van der Waals surface area (Å²) < 4.78 is 19.4. The number of aryl methyl sites for hydroxylation is 1. The molecular formula is C23H16FN3O6S. The van der Waals surface area contributed by atoms with E-state index >= 15 is 0 Å². The van der Waals surface area contributed by atoms with Crippen molar-refractivity contribution in [3.8, 4) is 11.3 Å². The van der Waals surface area contributed by atoms with Crippen LogP contribution >= 0.6 is 11.8 Å². The minimum absolute atomic E-state index is 0.0420. The van der Waals surface area contributed by atoms with Gasteiger partial charge in [-0.1, -0.05) is 18.2 Å². The molecule has 0 aliphatic carbocycles. The third-order valence-corrected chi connectivity index (χ3v) is 5.83. The summed E-state index contributed by atoms with van der Waals surface area (Å²) >= 11 is 0.638. The third kappa shape index (κ3) is 4.74. The molecule has 0 spiro atoms. The number of amides is 3. The first-order chi connectivity index (χ1) is 16.2. The molecule has 34 heavy (non-hydrogen) atoms. The van der Waals surface area contributed by atoms with E-state index in [-0.39, 0.29) is 22.0 Å². The van der Waals surface area contributed by atoms with E-state index < -0.39 is 34.3 Å². The van der Waals surface area contributed by atoms with Gasteiger partial charge in [-0.2, -0.15) is 0 Å². The number of nitrogens with zero attached hydrogens (tertiary/aromatic N) is 2. The van der Waals surface area contributed by atoms with Crippen LogP contribution in [0.1, 0.15) is 11.3 Å². The van der Waals surface area contributed by atoms with E-state index in [2.05, 4.69) is 5.32 Å². The van der Waals surface area contributed by atoms with E-state index in [1.807, 2.05) is 0 Å². The first kappa shape index (κ1) is 22.9. The number of non-ortho nitro benzene ring substituents is 1. The molecule has 0 bridgehead atoms. The van der Waals surface area contributed by atoms with E-state index in [4.69, 9.17) is 4.42 Å². The SMILES string of the molecule is Cc1ccc([N+](=O)[O-])cc1-c1ccc(/C=C2\SC(=O)N(CC(=O)Nc3ccccc3F)C2=O)o1. The van der Waals surface area contributed by atoms with Crippen LogP contribution in [0.5, 0.6) is 0 Å². The number of halogens is 1. The molecule has 2 heterocycles. The van der Waals surface area contributed by atoms with E-state index in [9.17, 15) is 28.9 Å². The van der Waals surface area contributed by atoms with E-state index in [0.29, 0.717) is 23.1 Å². The van der Waals surface area contributed by atoms with Gasteiger partial charge < -0.3 is 9.73 Å². The molecule has 1 fully saturated rings. The molecule has 1 saturated heterocycles. The number of carbonyl (C=O) groups excluding carboxylic acids is 3. The second-order valence-corrected chi connectivity index (χ2v) is 8.25. The van der Waals surface area contributed by atoms with Gasteiger partial charge in [-0.3, -0.25) is 29.4 Å². The largest absolute Gasteiger partial charge is 0.457 e. The Morgan fingerprint density at radius 2 is 1.97 bits per heavy atom. The molecule has 1 aromatic heterocycles. The first-order valence-electron chi connectivity index (χ1n) is 9.88. The van der Waals surface area contributed by atoms with Crippen LogP contribution in [0.25, 0.3) is 17.4 Å². The summed E-state index contributed by atoms with van der Waals surface area (Å²) in [6, 6.07) is 13.1. The van der Waals surface area contributed by atoms with Gasteiger partial charge in [0.05, 0.1) is 15.5 Å². The monoisotopic (exact) mass is 481 g/mol. The number of benzene rings is 2. The van der Waals surface area contributed by atoms with Gasteiger partial charge in [-0.25, -0.2) is 4.39 Å². The van der Waals surface area contributed by atoms with Crippen molar-refractivity contribution in [3.63, 3.8) is 0 Å². The Kier molecular flexibility index (Phi) is 6.28. The maximum Gasteiger partial charge on any atom is 0.294 e. The average molecular weight is 481 g/mol. The Hall–Kier alpha value is -4.25. The maximum absolute atomic E-state index is 13.7. The zero-order chi connectivity index (χ0) is 24.4. The smallest absolute Gasteiger partial charge is 0.294 e. The van der Waals surface area contributed by atoms with Gasteiger partial charge in [0.15, 0.2) is 0 Å². The summed E-state index contributed by atoms with van der Waals surface area (Å²) in [5.41, 5.74) is 1.13. The number of thioether (sulfide) groups is 1. The number of hydrogen-bond donors (Lipinski definition) is 1. The zero-order valence-corrected chi connectivity index (χ0v) is 18.4. The molecular weight excluding hydrogens is 465 g/mol. The van der Waals surface area contributed by atoms with Gasteiger partial charge in [0, 0.05) is 23.8 Å². The van der Waals surface area contributed by atoms with Crippen LogP contribution in [-0.4, -0.2) is 33.4 Å². The Bertz CT molecular complexity index is 1370. The molecule has 2 aromatic carbocycles. The predicted molar refractivity (Wildman–Crippen MR) is 123 cm³/mol. The van der Waals surface area contributed by atoms with Gasteiger partial charge in [0.25, 0.3) is 16.8 Å². The zero-order valence-electron chi connectivity index (χ0n) is 17.6. The lowest BCUT2D eigenvalue weighted by Crippen LogP contribution is -2.36. The quantitative estimate of drug-likeness (QED) is 0.299. The number of nitro groups is 1. The van der Waals surface area contributed by atoms with E-state index in [0.717, 1.165) is 10.5 Å². The van der Waals surface area contributed by atoms with Crippen molar-refractivity contribution in [1.82, 2.24) is 4.90 Å². The van der Waals surface area contributed by atoms with Crippen molar-refractivity contribution in [2.24, 2.45) is 0 Å². The standard InChI is InChI=1S/C23H16FN3O6S/c1-13-6-7-14(27(31)32)10-16(13)19-9-8-15(33-19)11-20-22(29)26(23(30)34-20)12-21(28)25-18-5-3-2-4-17(18)24/h2-11H,12H2,1H3,(H,25,28)/b20-11-. The number of rotatable bonds is 6. The summed E-state index contributed by atoms with van der Waals surface area (Å²) in [6.07, 6.45) is 1.36. The fourth-order valence-electron chi connectivity index (χ4n) is 3.23. The number of anilines is 1. The lowest BCUT2D eigenvalue weighted by atomic mass is 10.1. The lowest BCUT2D eigenvalue weighted by Gasteiger charge is -2.12. The molecule has 1 N–H and O–H groups in total. The highest BCUT2D eigenvalue weighted by Crippen LogP contribution is 2.34. The summed E-state index contributed by atoms with van der Waals surface area (Å²) in [5.74, 6) is -1.45. The molecule has 0 atom stereocenters. The van der Waals surface area contributed by atoms with Crippen LogP contribution in [0.2, 0.25) is 0 Å². The first-order valence-corrected chi connectivity index (χ1v) is 10.7. The fourth-order valence-corrected chi connectivity index (χ4v) is 4.04. The van der Waals surface area contributed by atoms with Crippen LogP contribution in [0, 0.1) is 22.9 Å². The fraction of sp³-hybridized carbons (Fsp3) is 0.0870. The Morgan fingerprint density at radius 3 is 2.71 bits per heavy atom. The van der Waals surface area contributed by atoms with Gasteiger partial charge in [-0.05, 0) is 48.5 Å². The average Bonchev–Trinajstić information content (AvgIpc) is 3.36. The molecule has 9 nitrogen and oxygen atoms in total. The summed E-state index contributed by atoms with van der Waals surface area (Å²) in [4.78, 5) is 48.5. The summed E-state index contributed by atoms with van der Waals surface area (Å²) in [7, 11) is 0. The van der Waals surface area contributed by atoms with Crippen LogP contribution < -0.4 is 5.32 Å². The molecule has 1 aliphatic rings. The molecule has 11 heteroatoms. The lowest BCUT2D eigenvalue weighted by molar-refractivity contribution is -0.384. The molecule has 0 unspecified atom stereocenters. The van der Waals surface area contributed by atoms with Gasteiger partial charge in [0.2, 0.25) is 5.91 Å². The van der Waals surface area contributed by atoms with Crippen LogP contribution in [0.15, 0.2) is 63.9 Å². The highest BCUT2D eigenvalue weighted by Gasteiger charge is 2.36. The molecule has 4 rings (SSSR count). The van der Waals surface area contributed by atoms with Crippen molar-refractivity contribution in [1.29, 1.82) is 0 Å². The van der Waals surface area contributed by atoms with Crippen LogP contribution in [0.4, 0.5) is 20.6 Å². The van der Waals surface area contributed by atoms with Gasteiger partial charge >= 0.3 is 0 Å². The van der Waals surface area contributed by atoms with Gasteiger partial charge in [0.1, 0.15) is 23.9 Å². The highest BCUT2D eigenvalue weighted by molar-refractivity contribution is 8.18. The number of imide groups is 1. The van der Waals surface area contributed by atoms with Crippen molar-refractivity contribution in [2.75, 3.05) is 11.9 Å². The van der Waals surface area contributed by atoms with Crippen molar-refractivity contribution in [2.45, 2.75) is 6.92 Å². The van der Waals surface area contributed by atoms with E-state index in [1.54, 1.807) is 25.1 Å². The Morgan fingerprint density at radius 1 is 1.21 bits per heavy atom. The predicted octanol–water partition coefficient (Wildman–Crippen LogP) is 4.98. The molecule has 172 valence electrons. The van der Waals surface area contributed by atoms with Crippen LogP contribution in [0.3, 0.4) is 0 Å². The van der Waals surface area contributed by atoms with E-state index in [1.165, 1.54) is 42.5 Å². The maximum atomic E-state index is 13.7. The molecule has 0 saturated carbocycles. The van der Waals surface area contributed by atoms with Gasteiger partial charge in [-0.15, -0.1) is 0 Å². The number of furan rings is 1. The van der Waals surface area contributed by atoms with Crippen molar-refractivity contribution >= 4 is 46.3 Å². The number of para-hydroxylation sites is 1. The number of nitro benzene ring substituents is 1. The normalized spacial score (nSPS) is 14.6. The minimum Gasteiger partial charge on any atom is -0.457 e. The number of carbonyl (C=O) groups is 3. The summed E-state index contributed by atoms with van der Waals surface area (Å²) in [6.45, 7) is 1.20. The Balaban J connectivity index is 1.49. The van der Waals surface area contributed by atoms with Crippen molar-refractivity contribution in [3.05, 3.63) is 86.8 Å². The number of nitrogens with one attached hydrogen (secondary N) is 1. The van der Waals surface area contributed by atoms with Crippen LogP contribution in [-0.2, 0) is 9.59 Å². The minimum atomic E-state index is -0.727. The molecule has 1 aliphatic heterocycles.